The second-order valence-electron chi connectivity index (χ2n) is 4.58. The zero-order chi connectivity index (χ0) is 14.3. The van der Waals surface area contributed by atoms with Gasteiger partial charge in [0.2, 0.25) is 5.95 Å². The van der Waals surface area contributed by atoms with Gasteiger partial charge in [-0.25, -0.2) is 9.97 Å². The van der Waals surface area contributed by atoms with E-state index in [2.05, 4.69) is 20.4 Å². The molecule has 3 aromatic heterocycles. The molecule has 1 N–H and O–H groups in total. The number of carbonyl (C=O) groups is 1. The maximum atomic E-state index is 12.4. The third-order valence-electron chi connectivity index (χ3n) is 3.04. The summed E-state index contributed by atoms with van der Waals surface area (Å²) >= 11 is 0. The molecule has 0 aliphatic heterocycles. The van der Waals surface area contributed by atoms with Crippen molar-refractivity contribution in [2.24, 2.45) is 7.05 Å². The predicted molar refractivity (Wildman–Crippen MR) is 72.4 cm³/mol. The maximum Gasteiger partial charge on any atom is 0.258 e. The minimum atomic E-state index is -0.263. The van der Waals surface area contributed by atoms with Crippen LogP contribution in [0.2, 0.25) is 0 Å². The molecule has 0 unspecified atom stereocenters. The van der Waals surface area contributed by atoms with Gasteiger partial charge in [0, 0.05) is 25.1 Å². The second-order valence-corrected chi connectivity index (χ2v) is 4.58. The molecule has 0 aromatic carbocycles. The number of rotatable bonds is 2. The van der Waals surface area contributed by atoms with Gasteiger partial charge in [0.15, 0.2) is 0 Å². The van der Waals surface area contributed by atoms with Gasteiger partial charge in [0.05, 0.1) is 16.6 Å². The fourth-order valence-corrected chi connectivity index (χ4v) is 2.05. The molecule has 0 atom stereocenters. The van der Waals surface area contributed by atoms with Crippen LogP contribution in [-0.2, 0) is 7.05 Å². The summed E-state index contributed by atoms with van der Waals surface area (Å²) in [6, 6.07) is 1.71. The van der Waals surface area contributed by atoms with Crippen LogP contribution in [0.4, 0.5) is 5.95 Å². The Labute approximate surface area is 114 Å². The van der Waals surface area contributed by atoms with Crippen LogP contribution >= 0.6 is 0 Å². The molecule has 3 rings (SSSR count). The van der Waals surface area contributed by atoms with Gasteiger partial charge in [-0.15, -0.1) is 0 Å². The van der Waals surface area contributed by atoms with Crippen LogP contribution in [0.15, 0.2) is 23.0 Å². The van der Waals surface area contributed by atoms with Crippen molar-refractivity contribution in [1.82, 2.24) is 19.7 Å². The van der Waals surface area contributed by atoms with Crippen LogP contribution in [0.25, 0.3) is 11.1 Å². The fraction of sp³-hybridized carbons (Fsp3) is 0.231. The van der Waals surface area contributed by atoms with Crippen molar-refractivity contribution < 1.29 is 9.32 Å². The van der Waals surface area contributed by atoms with Gasteiger partial charge in [0.25, 0.3) is 11.6 Å². The second kappa shape index (κ2) is 4.44. The van der Waals surface area contributed by atoms with E-state index in [9.17, 15) is 4.79 Å². The van der Waals surface area contributed by atoms with E-state index < -0.39 is 0 Å². The van der Waals surface area contributed by atoms with E-state index >= 15 is 0 Å². The number of carbonyl (C=O) groups excluding carboxylic acids is 1. The zero-order valence-electron chi connectivity index (χ0n) is 11.3. The summed E-state index contributed by atoms with van der Waals surface area (Å²) in [5.74, 6) is 0.216. The smallest absolute Gasteiger partial charge is 0.258 e. The number of fused-ring (bicyclic) bond motifs is 1. The Kier molecular flexibility index (Phi) is 2.74. The summed E-state index contributed by atoms with van der Waals surface area (Å²) in [4.78, 5) is 20.7. The summed E-state index contributed by atoms with van der Waals surface area (Å²) in [6.07, 6.45) is 3.38. The van der Waals surface area contributed by atoms with Crippen molar-refractivity contribution in [1.29, 1.82) is 0 Å². The van der Waals surface area contributed by atoms with Crippen LogP contribution in [-0.4, -0.2) is 25.6 Å². The number of aromatic nitrogens is 4. The number of aryl methyl sites for hydroxylation is 3. The number of nitrogens with one attached hydrogen (secondary N) is 1. The highest BCUT2D eigenvalue weighted by atomic mass is 16.5. The molecule has 0 fully saturated rings. The highest BCUT2D eigenvalue weighted by molar-refractivity contribution is 6.11. The van der Waals surface area contributed by atoms with Crippen molar-refractivity contribution in [2.45, 2.75) is 13.8 Å². The third kappa shape index (κ3) is 1.93. The topological polar surface area (TPSA) is 85.8 Å². The Bertz CT molecular complexity index is 802. The number of hydrogen-bond acceptors (Lipinski definition) is 5. The van der Waals surface area contributed by atoms with Gasteiger partial charge in [-0.2, -0.15) is 0 Å². The lowest BCUT2D eigenvalue weighted by Gasteiger charge is -2.06. The first-order chi connectivity index (χ1) is 9.56. The first-order valence-corrected chi connectivity index (χ1v) is 6.08. The van der Waals surface area contributed by atoms with E-state index in [1.165, 1.54) is 0 Å². The molecule has 0 aliphatic carbocycles. The minimum absolute atomic E-state index is 0.263. The van der Waals surface area contributed by atoms with Crippen LogP contribution in [0, 0.1) is 13.8 Å². The summed E-state index contributed by atoms with van der Waals surface area (Å²) in [5, 5.41) is 7.24. The van der Waals surface area contributed by atoms with Gasteiger partial charge in [-0.1, -0.05) is 5.16 Å². The molecule has 102 valence electrons. The number of imidazole rings is 1. The molecule has 3 aromatic rings. The lowest BCUT2D eigenvalue weighted by atomic mass is 10.1. The third-order valence-corrected chi connectivity index (χ3v) is 3.04. The minimum Gasteiger partial charge on any atom is -0.336 e. The quantitative estimate of drug-likeness (QED) is 0.768. The molecule has 7 heteroatoms. The first kappa shape index (κ1) is 12.3. The van der Waals surface area contributed by atoms with E-state index in [4.69, 9.17) is 4.52 Å². The van der Waals surface area contributed by atoms with Crippen molar-refractivity contribution in [3.05, 3.63) is 35.4 Å². The Morgan fingerprint density at radius 1 is 1.40 bits per heavy atom. The van der Waals surface area contributed by atoms with E-state index in [1.807, 2.05) is 0 Å². The molecular formula is C13H13N5O2. The van der Waals surface area contributed by atoms with Gasteiger partial charge < -0.3 is 9.09 Å². The SMILES string of the molecule is Cc1cc(C(=O)Nc2nccn2C)c2c(C)noc2n1. The summed E-state index contributed by atoms with van der Waals surface area (Å²) in [7, 11) is 1.81. The Balaban J connectivity index is 2.07. The molecule has 0 spiro atoms. The van der Waals surface area contributed by atoms with Crippen molar-refractivity contribution in [3.63, 3.8) is 0 Å². The molecule has 0 radical (unpaired) electrons. The Morgan fingerprint density at radius 2 is 2.20 bits per heavy atom. The number of anilines is 1. The number of hydrogen-bond donors (Lipinski definition) is 1. The number of amides is 1. The average molecular weight is 271 g/mol. The molecule has 0 saturated heterocycles. The van der Waals surface area contributed by atoms with Crippen LogP contribution < -0.4 is 5.32 Å². The normalized spacial score (nSPS) is 10.9. The van der Waals surface area contributed by atoms with E-state index in [0.29, 0.717) is 34.0 Å². The number of nitrogens with zero attached hydrogens (tertiary/aromatic N) is 4. The summed E-state index contributed by atoms with van der Waals surface area (Å²) in [6.45, 7) is 3.58. The van der Waals surface area contributed by atoms with Gasteiger partial charge in [-0.05, 0) is 19.9 Å². The molecule has 7 nitrogen and oxygen atoms in total. The van der Waals surface area contributed by atoms with E-state index in [-0.39, 0.29) is 5.91 Å². The summed E-state index contributed by atoms with van der Waals surface area (Å²) in [5.41, 5.74) is 2.18. The zero-order valence-corrected chi connectivity index (χ0v) is 11.3. The highest BCUT2D eigenvalue weighted by Crippen LogP contribution is 2.22. The summed E-state index contributed by atoms with van der Waals surface area (Å²) < 4.78 is 6.84. The van der Waals surface area contributed by atoms with Gasteiger partial charge in [-0.3, -0.25) is 10.1 Å². The monoisotopic (exact) mass is 271 g/mol. The molecule has 1 amide bonds. The van der Waals surface area contributed by atoms with E-state index in [0.717, 1.165) is 0 Å². The largest absolute Gasteiger partial charge is 0.336 e. The highest BCUT2D eigenvalue weighted by Gasteiger charge is 2.18. The van der Waals surface area contributed by atoms with E-state index in [1.54, 1.807) is 43.9 Å². The van der Waals surface area contributed by atoms with Crippen molar-refractivity contribution in [2.75, 3.05) is 5.32 Å². The molecule has 0 aliphatic rings. The van der Waals surface area contributed by atoms with Crippen LogP contribution in [0.5, 0.6) is 0 Å². The standard InChI is InChI=1S/C13H13N5O2/c1-7-6-9(10-8(2)17-20-12(10)15-7)11(19)16-13-14-4-5-18(13)3/h4-6H,1-3H3,(H,14,16,19). The molecule has 3 heterocycles. The van der Waals surface area contributed by atoms with Gasteiger partial charge >= 0.3 is 0 Å². The van der Waals surface area contributed by atoms with Crippen LogP contribution in [0.3, 0.4) is 0 Å². The fourth-order valence-electron chi connectivity index (χ4n) is 2.05. The molecule has 20 heavy (non-hydrogen) atoms. The predicted octanol–water partition coefficient (Wildman–Crippen LogP) is 1.83. The Hall–Kier alpha value is -2.70. The van der Waals surface area contributed by atoms with Gasteiger partial charge in [0.1, 0.15) is 0 Å². The number of pyridine rings is 1. The molecular weight excluding hydrogens is 258 g/mol. The first-order valence-electron chi connectivity index (χ1n) is 6.08. The average Bonchev–Trinajstić information content (AvgIpc) is 2.96. The van der Waals surface area contributed by atoms with Crippen LogP contribution in [0.1, 0.15) is 21.7 Å². The van der Waals surface area contributed by atoms with Crippen molar-refractivity contribution >= 4 is 23.0 Å². The molecule has 0 bridgehead atoms. The lowest BCUT2D eigenvalue weighted by Crippen LogP contribution is -2.16. The lowest BCUT2D eigenvalue weighted by molar-refractivity contribution is 0.102. The Morgan fingerprint density at radius 3 is 2.90 bits per heavy atom. The molecule has 0 saturated carbocycles. The maximum absolute atomic E-state index is 12.4. The van der Waals surface area contributed by atoms with Crippen molar-refractivity contribution in [3.8, 4) is 0 Å².